The van der Waals surface area contributed by atoms with E-state index in [-0.39, 0.29) is 11.9 Å². The Morgan fingerprint density at radius 2 is 2.16 bits per heavy atom. The quantitative estimate of drug-likeness (QED) is 0.772. The number of carbonyl (C=O) groups is 2. The number of carboxylic acids is 1. The molecule has 0 radical (unpaired) electrons. The van der Waals surface area contributed by atoms with Gasteiger partial charge in [-0.3, -0.25) is 9.59 Å². The molecule has 0 aromatic carbocycles. The number of carbonyl (C=O) groups excluding carboxylic acids is 1. The summed E-state index contributed by atoms with van der Waals surface area (Å²) in [5, 5.41) is 12.6. The summed E-state index contributed by atoms with van der Waals surface area (Å²) in [6.45, 7) is 3.63. The van der Waals surface area contributed by atoms with Crippen LogP contribution in [0.25, 0.3) is 0 Å². The molecule has 5 heteroatoms. The lowest BCUT2D eigenvalue weighted by molar-refractivity contribution is -0.147. The highest BCUT2D eigenvalue weighted by molar-refractivity contribution is 5.85. The molecule has 2 N–H and O–H groups in total. The van der Waals surface area contributed by atoms with Crippen LogP contribution in [0.5, 0.6) is 0 Å². The number of amides is 1. The van der Waals surface area contributed by atoms with Crippen molar-refractivity contribution < 1.29 is 14.7 Å². The smallest absolute Gasteiger partial charge is 0.311 e. The van der Waals surface area contributed by atoms with Crippen molar-refractivity contribution in [1.29, 1.82) is 0 Å². The molecule has 3 aliphatic rings. The molecule has 2 aliphatic heterocycles. The number of carboxylic acid groups (broad SMARTS) is 1. The van der Waals surface area contributed by atoms with Gasteiger partial charge in [0.2, 0.25) is 5.91 Å². The third kappa shape index (κ3) is 2.04. The normalized spacial score (nSPS) is 41.5. The van der Waals surface area contributed by atoms with Crippen molar-refractivity contribution in [3.05, 3.63) is 0 Å². The van der Waals surface area contributed by atoms with E-state index in [0.29, 0.717) is 31.3 Å². The molecule has 3 fully saturated rings. The molecule has 4 atom stereocenters. The molecule has 5 nitrogen and oxygen atoms in total. The van der Waals surface area contributed by atoms with Crippen LogP contribution in [0.4, 0.5) is 0 Å². The molecule has 106 valence electrons. The lowest BCUT2D eigenvalue weighted by Crippen LogP contribution is -2.46. The van der Waals surface area contributed by atoms with Gasteiger partial charge in [0.1, 0.15) is 0 Å². The summed E-state index contributed by atoms with van der Waals surface area (Å²) in [7, 11) is 0. The maximum absolute atomic E-state index is 12.6. The molecule has 1 aliphatic carbocycles. The molecule has 4 unspecified atom stereocenters. The van der Waals surface area contributed by atoms with E-state index >= 15 is 0 Å². The zero-order chi connectivity index (χ0) is 13.6. The summed E-state index contributed by atoms with van der Waals surface area (Å²) in [5.74, 6) is 0.465. The second-order valence-corrected chi connectivity index (χ2v) is 6.62. The van der Waals surface area contributed by atoms with Crippen molar-refractivity contribution >= 4 is 11.9 Å². The largest absolute Gasteiger partial charge is 0.481 e. The third-order valence-electron chi connectivity index (χ3n) is 5.31. The van der Waals surface area contributed by atoms with E-state index < -0.39 is 11.4 Å². The topological polar surface area (TPSA) is 69.6 Å². The van der Waals surface area contributed by atoms with Gasteiger partial charge in [-0.2, -0.15) is 0 Å². The average Bonchev–Trinajstić information content (AvgIpc) is 3.02. The van der Waals surface area contributed by atoms with E-state index in [1.54, 1.807) is 11.8 Å². The van der Waals surface area contributed by atoms with Gasteiger partial charge in [0.05, 0.1) is 11.5 Å². The maximum atomic E-state index is 12.6. The first-order chi connectivity index (χ1) is 9.01. The first kappa shape index (κ1) is 12.9. The number of aliphatic carboxylic acids is 1. The summed E-state index contributed by atoms with van der Waals surface area (Å²) < 4.78 is 0. The molecule has 2 saturated heterocycles. The number of rotatable bonds is 2. The number of hydrogen-bond donors (Lipinski definition) is 2. The van der Waals surface area contributed by atoms with Gasteiger partial charge < -0.3 is 15.3 Å². The van der Waals surface area contributed by atoms with Crippen molar-refractivity contribution in [3.63, 3.8) is 0 Å². The van der Waals surface area contributed by atoms with Crippen molar-refractivity contribution in [2.24, 2.45) is 17.3 Å². The monoisotopic (exact) mass is 266 g/mol. The van der Waals surface area contributed by atoms with Gasteiger partial charge >= 0.3 is 5.97 Å². The lowest BCUT2D eigenvalue weighted by Gasteiger charge is -2.25. The Labute approximate surface area is 113 Å². The Morgan fingerprint density at radius 3 is 2.84 bits per heavy atom. The van der Waals surface area contributed by atoms with Crippen molar-refractivity contribution in [2.45, 2.75) is 38.6 Å². The number of fused-ring (bicyclic) bond motifs is 1. The van der Waals surface area contributed by atoms with Crippen molar-refractivity contribution in [1.82, 2.24) is 10.2 Å². The molecular formula is C14H22N2O3. The summed E-state index contributed by atoms with van der Waals surface area (Å²) in [4.78, 5) is 25.6. The van der Waals surface area contributed by atoms with E-state index in [9.17, 15) is 14.7 Å². The molecule has 19 heavy (non-hydrogen) atoms. The second-order valence-electron chi connectivity index (χ2n) is 6.62. The highest BCUT2D eigenvalue weighted by Gasteiger charge is 2.48. The number of nitrogens with zero attached hydrogens (tertiary/aromatic N) is 1. The Hall–Kier alpha value is -1.10. The summed E-state index contributed by atoms with van der Waals surface area (Å²) in [6, 6.07) is -0.0661. The lowest BCUT2D eigenvalue weighted by atomic mass is 9.90. The number of nitrogens with one attached hydrogen (secondary N) is 1. The van der Waals surface area contributed by atoms with Gasteiger partial charge in [0, 0.05) is 13.1 Å². The molecule has 0 bridgehead atoms. The fourth-order valence-electron chi connectivity index (χ4n) is 3.98. The summed E-state index contributed by atoms with van der Waals surface area (Å²) >= 11 is 0. The molecule has 2 heterocycles. The van der Waals surface area contributed by atoms with Gasteiger partial charge in [-0.05, 0) is 44.6 Å². The van der Waals surface area contributed by atoms with Crippen LogP contribution in [-0.2, 0) is 9.59 Å². The Balaban J connectivity index is 1.67. The maximum Gasteiger partial charge on any atom is 0.311 e. The fraction of sp³-hybridized carbons (Fsp3) is 0.857. The standard InChI is InChI=1S/C14H22N2O3/c1-14(13(18)19)5-6-16(8-14)12(17)11-10-4-2-3-9(10)7-15-11/h9-11,15H,2-8H2,1H3,(H,18,19). The zero-order valence-corrected chi connectivity index (χ0v) is 11.4. The predicted molar refractivity (Wildman–Crippen MR) is 69.6 cm³/mol. The minimum absolute atomic E-state index is 0.0661. The minimum Gasteiger partial charge on any atom is -0.481 e. The van der Waals surface area contributed by atoms with Crippen LogP contribution in [0.3, 0.4) is 0 Å². The Bertz CT molecular complexity index is 411. The van der Waals surface area contributed by atoms with Crippen LogP contribution in [0.2, 0.25) is 0 Å². The minimum atomic E-state index is -0.791. The first-order valence-electron chi connectivity index (χ1n) is 7.27. The highest BCUT2D eigenvalue weighted by Crippen LogP contribution is 2.39. The Morgan fingerprint density at radius 1 is 1.37 bits per heavy atom. The molecule has 3 rings (SSSR count). The van der Waals surface area contributed by atoms with Crippen molar-refractivity contribution in [2.75, 3.05) is 19.6 Å². The van der Waals surface area contributed by atoms with Crippen LogP contribution < -0.4 is 5.32 Å². The first-order valence-corrected chi connectivity index (χ1v) is 7.27. The van der Waals surface area contributed by atoms with E-state index in [0.717, 1.165) is 13.0 Å². The summed E-state index contributed by atoms with van der Waals surface area (Å²) in [5.41, 5.74) is -0.761. The molecule has 0 spiro atoms. The Kier molecular flexibility index (Phi) is 3.04. The fourth-order valence-corrected chi connectivity index (χ4v) is 3.98. The van der Waals surface area contributed by atoms with Crippen LogP contribution >= 0.6 is 0 Å². The SMILES string of the molecule is CC1(C(=O)O)CCN(C(=O)C2NCC3CCCC32)C1. The number of hydrogen-bond acceptors (Lipinski definition) is 3. The van der Waals surface area contributed by atoms with E-state index in [1.807, 2.05) is 0 Å². The zero-order valence-electron chi connectivity index (χ0n) is 11.4. The van der Waals surface area contributed by atoms with Crippen LogP contribution in [0.1, 0.15) is 32.6 Å². The van der Waals surface area contributed by atoms with Gasteiger partial charge in [-0.15, -0.1) is 0 Å². The second kappa shape index (κ2) is 4.47. The van der Waals surface area contributed by atoms with Crippen LogP contribution in [0.15, 0.2) is 0 Å². The van der Waals surface area contributed by atoms with Crippen LogP contribution in [-0.4, -0.2) is 47.6 Å². The van der Waals surface area contributed by atoms with E-state index in [1.165, 1.54) is 12.8 Å². The third-order valence-corrected chi connectivity index (χ3v) is 5.31. The van der Waals surface area contributed by atoms with E-state index in [2.05, 4.69) is 5.32 Å². The van der Waals surface area contributed by atoms with E-state index in [4.69, 9.17) is 0 Å². The van der Waals surface area contributed by atoms with Crippen molar-refractivity contribution in [3.8, 4) is 0 Å². The number of likely N-dealkylation sites (tertiary alicyclic amines) is 1. The summed E-state index contributed by atoms with van der Waals surface area (Å²) in [6.07, 6.45) is 4.16. The molecular weight excluding hydrogens is 244 g/mol. The molecule has 1 amide bonds. The van der Waals surface area contributed by atoms with Gasteiger partial charge in [0.25, 0.3) is 0 Å². The predicted octanol–water partition coefficient (Wildman–Crippen LogP) is 0.698. The molecule has 1 saturated carbocycles. The molecule has 0 aromatic heterocycles. The average molecular weight is 266 g/mol. The van der Waals surface area contributed by atoms with Gasteiger partial charge in [0.15, 0.2) is 0 Å². The van der Waals surface area contributed by atoms with Gasteiger partial charge in [-0.1, -0.05) is 6.42 Å². The highest BCUT2D eigenvalue weighted by atomic mass is 16.4. The molecule has 0 aromatic rings. The van der Waals surface area contributed by atoms with Gasteiger partial charge in [-0.25, -0.2) is 0 Å². The van der Waals surface area contributed by atoms with Crippen LogP contribution in [0, 0.1) is 17.3 Å².